The van der Waals surface area contributed by atoms with E-state index in [1.165, 1.54) is 6.07 Å². The van der Waals surface area contributed by atoms with Crippen LogP contribution >= 0.6 is 0 Å². The lowest BCUT2D eigenvalue weighted by Gasteiger charge is -2.36. The number of nitro groups is 1. The summed E-state index contributed by atoms with van der Waals surface area (Å²) in [4.78, 5) is 25.6. The van der Waals surface area contributed by atoms with E-state index in [4.69, 9.17) is 5.11 Å². The number of hydrogen-bond donors (Lipinski definition) is 1. The summed E-state index contributed by atoms with van der Waals surface area (Å²) in [6.07, 6.45) is 1.83. The Morgan fingerprint density at radius 2 is 2.09 bits per heavy atom. The third-order valence-electron chi connectivity index (χ3n) is 4.57. The molecule has 0 aromatic heterocycles. The van der Waals surface area contributed by atoms with E-state index in [2.05, 4.69) is 4.90 Å². The van der Waals surface area contributed by atoms with Crippen LogP contribution in [-0.2, 0) is 11.3 Å². The molecular weight excluding hydrogens is 298 g/mol. The fourth-order valence-electron chi connectivity index (χ4n) is 3.14. The van der Waals surface area contributed by atoms with Gasteiger partial charge < -0.3 is 5.11 Å². The van der Waals surface area contributed by atoms with Crippen molar-refractivity contribution in [3.05, 3.63) is 39.4 Å². The first kappa shape index (κ1) is 17.4. The van der Waals surface area contributed by atoms with Crippen molar-refractivity contribution in [1.29, 1.82) is 0 Å². The van der Waals surface area contributed by atoms with Crippen molar-refractivity contribution in [3.63, 3.8) is 0 Å². The molecule has 7 nitrogen and oxygen atoms in total. The largest absolute Gasteiger partial charge is 0.480 e. The van der Waals surface area contributed by atoms with Crippen molar-refractivity contribution in [2.45, 2.75) is 32.4 Å². The van der Waals surface area contributed by atoms with E-state index >= 15 is 0 Å². The van der Waals surface area contributed by atoms with Gasteiger partial charge in [0.25, 0.3) is 5.69 Å². The van der Waals surface area contributed by atoms with E-state index in [-0.39, 0.29) is 23.2 Å². The van der Waals surface area contributed by atoms with Gasteiger partial charge >= 0.3 is 5.97 Å². The number of nitrogens with zero attached hydrogens (tertiary/aromatic N) is 3. The van der Waals surface area contributed by atoms with E-state index in [1.54, 1.807) is 13.0 Å². The third-order valence-corrected chi connectivity index (χ3v) is 4.57. The van der Waals surface area contributed by atoms with Gasteiger partial charge in [-0.15, -0.1) is 0 Å². The van der Waals surface area contributed by atoms with Gasteiger partial charge in [0.05, 0.1) is 11.5 Å². The van der Waals surface area contributed by atoms with Gasteiger partial charge in [-0.1, -0.05) is 12.1 Å². The number of carbonyl (C=O) groups is 1. The van der Waals surface area contributed by atoms with Gasteiger partial charge in [0.1, 0.15) is 0 Å². The molecule has 1 saturated heterocycles. The van der Waals surface area contributed by atoms with Crippen LogP contribution in [0.25, 0.3) is 0 Å². The summed E-state index contributed by atoms with van der Waals surface area (Å²) in [5.74, 6) is -0.804. The Morgan fingerprint density at radius 3 is 2.65 bits per heavy atom. The van der Waals surface area contributed by atoms with Gasteiger partial charge in [-0.25, -0.2) is 0 Å². The summed E-state index contributed by atoms with van der Waals surface area (Å²) < 4.78 is 0. The number of likely N-dealkylation sites (N-methyl/N-ethyl adjacent to an activating group) is 1. The van der Waals surface area contributed by atoms with Gasteiger partial charge in [0.2, 0.25) is 0 Å². The molecule has 1 aliphatic rings. The molecule has 1 heterocycles. The first-order valence-corrected chi connectivity index (χ1v) is 7.75. The molecule has 0 bridgehead atoms. The fraction of sp³-hybridized carbons (Fsp3) is 0.562. The van der Waals surface area contributed by atoms with Gasteiger partial charge in [-0.3, -0.25) is 24.7 Å². The predicted octanol–water partition coefficient (Wildman–Crippen LogP) is 1.88. The van der Waals surface area contributed by atoms with Gasteiger partial charge in [-0.05, 0) is 45.5 Å². The standard InChI is InChI=1S/C16H23N3O4/c1-12-13(4-3-5-15(12)19(22)23)10-18-8-6-14(7-9-18)17(2)11-16(20)21/h3-5,14H,6-11H2,1-2H3,(H,20,21). The molecule has 0 unspecified atom stereocenters. The third kappa shape index (κ3) is 4.49. The second kappa shape index (κ2) is 7.52. The summed E-state index contributed by atoms with van der Waals surface area (Å²) >= 11 is 0. The number of carboxylic acid groups (broad SMARTS) is 1. The minimum atomic E-state index is -0.804. The molecule has 1 aliphatic heterocycles. The normalized spacial score (nSPS) is 16.7. The molecule has 7 heteroatoms. The zero-order valence-electron chi connectivity index (χ0n) is 13.6. The summed E-state index contributed by atoms with van der Waals surface area (Å²) in [5, 5.41) is 19.9. The molecule has 23 heavy (non-hydrogen) atoms. The highest BCUT2D eigenvalue weighted by Gasteiger charge is 2.24. The number of likely N-dealkylation sites (tertiary alicyclic amines) is 1. The molecule has 0 atom stereocenters. The number of hydrogen-bond acceptors (Lipinski definition) is 5. The minimum Gasteiger partial charge on any atom is -0.480 e. The molecular formula is C16H23N3O4. The van der Waals surface area contributed by atoms with Crippen LogP contribution in [-0.4, -0.2) is 58.5 Å². The maximum atomic E-state index is 11.0. The van der Waals surface area contributed by atoms with E-state index in [0.717, 1.165) is 37.1 Å². The highest BCUT2D eigenvalue weighted by Crippen LogP contribution is 2.24. The van der Waals surface area contributed by atoms with E-state index in [1.807, 2.05) is 18.0 Å². The zero-order valence-corrected chi connectivity index (χ0v) is 13.6. The van der Waals surface area contributed by atoms with Crippen LogP contribution in [0, 0.1) is 17.0 Å². The van der Waals surface area contributed by atoms with Crippen molar-refractivity contribution in [1.82, 2.24) is 9.80 Å². The molecule has 1 N–H and O–H groups in total. The Bertz CT molecular complexity index is 583. The van der Waals surface area contributed by atoms with Crippen molar-refractivity contribution >= 4 is 11.7 Å². The number of nitro benzene ring substituents is 1. The average Bonchev–Trinajstić information content (AvgIpc) is 2.49. The van der Waals surface area contributed by atoms with Crippen LogP contribution < -0.4 is 0 Å². The van der Waals surface area contributed by atoms with Crippen LogP contribution in [0.3, 0.4) is 0 Å². The lowest BCUT2D eigenvalue weighted by molar-refractivity contribution is -0.385. The first-order chi connectivity index (χ1) is 10.9. The SMILES string of the molecule is Cc1c(CN2CCC(N(C)CC(=O)O)CC2)cccc1[N+](=O)[O-]. The van der Waals surface area contributed by atoms with E-state index < -0.39 is 5.97 Å². The van der Waals surface area contributed by atoms with Crippen molar-refractivity contribution in [2.75, 3.05) is 26.7 Å². The lowest BCUT2D eigenvalue weighted by Crippen LogP contribution is -2.44. The second-order valence-corrected chi connectivity index (χ2v) is 6.13. The molecule has 1 aromatic rings. The Hall–Kier alpha value is -1.99. The maximum Gasteiger partial charge on any atom is 0.317 e. The lowest BCUT2D eigenvalue weighted by atomic mass is 10.0. The zero-order chi connectivity index (χ0) is 17.0. The van der Waals surface area contributed by atoms with Crippen LogP contribution in [0.15, 0.2) is 18.2 Å². The number of rotatable bonds is 6. The molecule has 0 amide bonds. The molecule has 1 aromatic carbocycles. The maximum absolute atomic E-state index is 11.0. The smallest absolute Gasteiger partial charge is 0.317 e. The van der Waals surface area contributed by atoms with Gasteiger partial charge in [0.15, 0.2) is 0 Å². The first-order valence-electron chi connectivity index (χ1n) is 7.75. The van der Waals surface area contributed by atoms with Crippen molar-refractivity contribution in [3.8, 4) is 0 Å². The molecule has 0 saturated carbocycles. The fourth-order valence-corrected chi connectivity index (χ4v) is 3.14. The summed E-state index contributed by atoms with van der Waals surface area (Å²) in [5.41, 5.74) is 1.87. The molecule has 2 rings (SSSR count). The minimum absolute atomic E-state index is 0.0641. The van der Waals surface area contributed by atoms with Crippen molar-refractivity contribution < 1.29 is 14.8 Å². The molecule has 0 spiro atoms. The van der Waals surface area contributed by atoms with Crippen LogP contribution in [0.5, 0.6) is 0 Å². The van der Waals surface area contributed by atoms with Gasteiger partial charge in [0, 0.05) is 24.2 Å². The topological polar surface area (TPSA) is 86.9 Å². The number of benzene rings is 1. The second-order valence-electron chi connectivity index (χ2n) is 6.13. The van der Waals surface area contributed by atoms with Crippen LogP contribution in [0.2, 0.25) is 0 Å². The molecule has 1 fully saturated rings. The Labute approximate surface area is 135 Å². The van der Waals surface area contributed by atoms with Crippen LogP contribution in [0.1, 0.15) is 24.0 Å². The highest BCUT2D eigenvalue weighted by atomic mass is 16.6. The Kier molecular flexibility index (Phi) is 5.68. The number of piperidine rings is 1. The van der Waals surface area contributed by atoms with E-state index in [0.29, 0.717) is 6.54 Å². The molecule has 0 aliphatic carbocycles. The summed E-state index contributed by atoms with van der Waals surface area (Å²) in [6, 6.07) is 5.48. The quantitative estimate of drug-likeness (QED) is 0.636. The summed E-state index contributed by atoms with van der Waals surface area (Å²) in [6.45, 7) is 4.30. The molecule has 126 valence electrons. The Morgan fingerprint density at radius 1 is 1.43 bits per heavy atom. The Balaban J connectivity index is 1.93. The highest BCUT2D eigenvalue weighted by molar-refractivity contribution is 5.69. The molecule has 0 radical (unpaired) electrons. The average molecular weight is 321 g/mol. The number of carboxylic acids is 1. The van der Waals surface area contributed by atoms with Crippen molar-refractivity contribution in [2.24, 2.45) is 0 Å². The van der Waals surface area contributed by atoms with Gasteiger partial charge in [-0.2, -0.15) is 0 Å². The van der Waals surface area contributed by atoms with E-state index in [9.17, 15) is 14.9 Å². The predicted molar refractivity (Wildman–Crippen MR) is 86.4 cm³/mol. The monoisotopic (exact) mass is 321 g/mol. The summed E-state index contributed by atoms with van der Waals surface area (Å²) in [7, 11) is 1.85. The van der Waals surface area contributed by atoms with Crippen LogP contribution in [0.4, 0.5) is 5.69 Å². The number of aliphatic carboxylic acids is 1.